The van der Waals surface area contributed by atoms with Gasteiger partial charge in [0.1, 0.15) is 6.54 Å². The lowest BCUT2D eigenvalue weighted by atomic mass is 10.1. The van der Waals surface area contributed by atoms with Crippen LogP contribution in [-0.4, -0.2) is 25.7 Å². The Morgan fingerprint density at radius 3 is 2.47 bits per heavy atom. The molecular formula is C11H13F3N2O. The van der Waals surface area contributed by atoms with Crippen LogP contribution in [0.5, 0.6) is 0 Å². The van der Waals surface area contributed by atoms with Gasteiger partial charge in [0, 0.05) is 18.3 Å². The lowest BCUT2D eigenvalue weighted by Crippen LogP contribution is -2.34. The maximum absolute atomic E-state index is 11.9. The van der Waals surface area contributed by atoms with Crippen LogP contribution in [-0.2, 0) is 0 Å². The number of carbonyl (C=O) groups is 1. The van der Waals surface area contributed by atoms with E-state index in [4.69, 9.17) is 0 Å². The highest BCUT2D eigenvalue weighted by atomic mass is 19.4. The third kappa shape index (κ3) is 3.97. The zero-order valence-corrected chi connectivity index (χ0v) is 9.48. The van der Waals surface area contributed by atoms with Crippen molar-refractivity contribution in [1.29, 1.82) is 0 Å². The molecule has 0 spiro atoms. The number of hydrogen-bond donors (Lipinski definition) is 2. The van der Waals surface area contributed by atoms with Crippen LogP contribution in [0.3, 0.4) is 0 Å². The molecule has 94 valence electrons. The SMILES string of the molecule is CNc1ccc(C(=O)NCC(F)(F)F)c(C)c1. The molecule has 0 saturated carbocycles. The number of rotatable bonds is 3. The van der Waals surface area contributed by atoms with Crippen LogP contribution in [0.4, 0.5) is 18.9 Å². The molecule has 1 rings (SSSR count). The first-order chi connectivity index (χ1) is 7.83. The standard InChI is InChI=1S/C11H13F3N2O/c1-7-5-8(15-2)3-4-9(7)10(17)16-6-11(12,13)14/h3-5,15H,6H2,1-2H3,(H,16,17). The third-order valence-electron chi connectivity index (χ3n) is 2.21. The van der Waals surface area contributed by atoms with Crippen LogP contribution >= 0.6 is 0 Å². The largest absolute Gasteiger partial charge is 0.405 e. The van der Waals surface area contributed by atoms with Crippen molar-refractivity contribution in [3.05, 3.63) is 29.3 Å². The Balaban J connectivity index is 2.76. The van der Waals surface area contributed by atoms with Gasteiger partial charge in [-0.15, -0.1) is 0 Å². The van der Waals surface area contributed by atoms with E-state index in [1.54, 1.807) is 26.1 Å². The minimum absolute atomic E-state index is 0.244. The molecule has 17 heavy (non-hydrogen) atoms. The summed E-state index contributed by atoms with van der Waals surface area (Å²) in [4.78, 5) is 11.5. The smallest absolute Gasteiger partial charge is 0.388 e. The molecule has 0 aliphatic heterocycles. The molecule has 0 atom stereocenters. The zero-order chi connectivity index (χ0) is 13.1. The minimum Gasteiger partial charge on any atom is -0.388 e. The van der Waals surface area contributed by atoms with Gasteiger partial charge in [-0.05, 0) is 30.7 Å². The molecule has 3 nitrogen and oxygen atoms in total. The second kappa shape index (κ2) is 5.07. The molecule has 1 aromatic carbocycles. The Morgan fingerprint density at radius 1 is 1.35 bits per heavy atom. The van der Waals surface area contributed by atoms with Crippen LogP contribution in [0.25, 0.3) is 0 Å². The van der Waals surface area contributed by atoms with Gasteiger partial charge in [0.15, 0.2) is 0 Å². The maximum Gasteiger partial charge on any atom is 0.405 e. The normalized spacial score (nSPS) is 11.1. The van der Waals surface area contributed by atoms with Gasteiger partial charge >= 0.3 is 6.18 Å². The summed E-state index contributed by atoms with van der Waals surface area (Å²) in [5, 5.41) is 4.71. The summed E-state index contributed by atoms with van der Waals surface area (Å²) >= 11 is 0. The molecule has 0 unspecified atom stereocenters. The van der Waals surface area contributed by atoms with Crippen molar-refractivity contribution in [2.75, 3.05) is 18.9 Å². The predicted molar refractivity (Wildman–Crippen MR) is 59.1 cm³/mol. The van der Waals surface area contributed by atoms with Gasteiger partial charge < -0.3 is 10.6 Å². The monoisotopic (exact) mass is 246 g/mol. The van der Waals surface area contributed by atoms with Crippen LogP contribution in [0.15, 0.2) is 18.2 Å². The molecule has 0 saturated heterocycles. The summed E-state index contributed by atoms with van der Waals surface area (Å²) in [5.41, 5.74) is 1.67. The molecule has 0 fully saturated rings. The van der Waals surface area contributed by atoms with Crippen molar-refractivity contribution in [3.8, 4) is 0 Å². The van der Waals surface area contributed by atoms with Gasteiger partial charge in [-0.1, -0.05) is 0 Å². The highest BCUT2D eigenvalue weighted by Crippen LogP contribution is 2.16. The molecular weight excluding hydrogens is 233 g/mol. The molecule has 1 aromatic rings. The summed E-state index contributed by atoms with van der Waals surface area (Å²) < 4.78 is 35.8. The van der Waals surface area contributed by atoms with Crippen molar-refractivity contribution in [2.24, 2.45) is 0 Å². The van der Waals surface area contributed by atoms with Crippen LogP contribution in [0, 0.1) is 6.92 Å². The number of aryl methyl sites for hydroxylation is 1. The van der Waals surface area contributed by atoms with Crippen LogP contribution < -0.4 is 10.6 Å². The Bertz CT molecular complexity index is 416. The number of nitrogens with one attached hydrogen (secondary N) is 2. The topological polar surface area (TPSA) is 41.1 Å². The predicted octanol–water partition coefficient (Wildman–Crippen LogP) is 2.33. The molecule has 0 heterocycles. The second-order valence-electron chi connectivity index (χ2n) is 3.58. The zero-order valence-electron chi connectivity index (χ0n) is 9.48. The van der Waals surface area contributed by atoms with Crippen LogP contribution in [0.1, 0.15) is 15.9 Å². The number of benzene rings is 1. The fourth-order valence-corrected chi connectivity index (χ4v) is 1.35. The Hall–Kier alpha value is -1.72. The average Bonchev–Trinajstić information content (AvgIpc) is 2.24. The fraction of sp³-hybridized carbons (Fsp3) is 0.364. The second-order valence-corrected chi connectivity index (χ2v) is 3.58. The highest BCUT2D eigenvalue weighted by molar-refractivity contribution is 5.96. The van der Waals surface area contributed by atoms with Crippen molar-refractivity contribution in [2.45, 2.75) is 13.1 Å². The Morgan fingerprint density at radius 2 is 2.00 bits per heavy atom. The van der Waals surface area contributed by atoms with Crippen LogP contribution in [0.2, 0.25) is 0 Å². The number of amides is 1. The van der Waals surface area contributed by atoms with Gasteiger partial charge in [0.05, 0.1) is 0 Å². The van der Waals surface area contributed by atoms with E-state index in [0.29, 0.717) is 5.56 Å². The summed E-state index contributed by atoms with van der Waals surface area (Å²) in [6.45, 7) is 0.350. The van der Waals surface area contributed by atoms with E-state index in [9.17, 15) is 18.0 Å². The van der Waals surface area contributed by atoms with E-state index in [1.807, 2.05) is 5.32 Å². The molecule has 0 aromatic heterocycles. The van der Waals surface area contributed by atoms with E-state index in [-0.39, 0.29) is 5.56 Å². The van der Waals surface area contributed by atoms with Gasteiger partial charge in [-0.3, -0.25) is 4.79 Å². The summed E-state index contributed by atoms with van der Waals surface area (Å²) in [7, 11) is 1.72. The van der Waals surface area contributed by atoms with Crippen molar-refractivity contribution in [1.82, 2.24) is 5.32 Å². The summed E-state index contributed by atoms with van der Waals surface area (Å²) in [5.74, 6) is -0.720. The van der Waals surface area contributed by atoms with E-state index >= 15 is 0 Å². The molecule has 0 aliphatic rings. The van der Waals surface area contributed by atoms with E-state index in [0.717, 1.165) is 5.69 Å². The first kappa shape index (κ1) is 13.3. The third-order valence-corrected chi connectivity index (χ3v) is 2.21. The van der Waals surface area contributed by atoms with Crippen molar-refractivity contribution in [3.63, 3.8) is 0 Å². The van der Waals surface area contributed by atoms with Gasteiger partial charge in [0.25, 0.3) is 5.91 Å². The molecule has 6 heteroatoms. The molecule has 0 aliphatic carbocycles. The first-order valence-electron chi connectivity index (χ1n) is 4.97. The highest BCUT2D eigenvalue weighted by Gasteiger charge is 2.28. The number of alkyl halides is 3. The lowest BCUT2D eigenvalue weighted by molar-refractivity contribution is -0.123. The number of halogens is 3. The number of hydrogen-bond acceptors (Lipinski definition) is 2. The summed E-state index contributed by atoms with van der Waals surface area (Å²) in [6, 6.07) is 4.82. The van der Waals surface area contributed by atoms with E-state index < -0.39 is 18.6 Å². The molecule has 1 amide bonds. The van der Waals surface area contributed by atoms with Gasteiger partial charge in [-0.25, -0.2) is 0 Å². The fourth-order valence-electron chi connectivity index (χ4n) is 1.35. The van der Waals surface area contributed by atoms with Gasteiger partial charge in [0.2, 0.25) is 0 Å². The Labute approximate surface area is 97.0 Å². The first-order valence-corrected chi connectivity index (χ1v) is 4.97. The Kier molecular flexibility index (Phi) is 3.98. The summed E-state index contributed by atoms with van der Waals surface area (Å²) in [6.07, 6.45) is -4.39. The average molecular weight is 246 g/mol. The van der Waals surface area contributed by atoms with E-state index in [1.165, 1.54) is 6.07 Å². The minimum atomic E-state index is -4.39. The molecule has 0 bridgehead atoms. The number of anilines is 1. The lowest BCUT2D eigenvalue weighted by Gasteiger charge is -2.11. The quantitative estimate of drug-likeness (QED) is 0.859. The van der Waals surface area contributed by atoms with Gasteiger partial charge in [-0.2, -0.15) is 13.2 Å². The van der Waals surface area contributed by atoms with Crippen molar-refractivity contribution < 1.29 is 18.0 Å². The maximum atomic E-state index is 11.9. The molecule has 0 radical (unpaired) electrons. The van der Waals surface area contributed by atoms with E-state index in [2.05, 4.69) is 5.32 Å². The number of carbonyl (C=O) groups excluding carboxylic acids is 1. The molecule has 2 N–H and O–H groups in total. The van der Waals surface area contributed by atoms with Crippen molar-refractivity contribution >= 4 is 11.6 Å².